The monoisotopic (exact) mass is 413 g/mol. The number of rotatable bonds is 11. The van der Waals surface area contributed by atoms with Gasteiger partial charge in [0.2, 0.25) is 0 Å². The number of methoxy groups -OCH3 is 1. The molecule has 6 heteroatoms. The lowest BCUT2D eigenvalue weighted by Crippen LogP contribution is -2.38. The first-order chi connectivity index (χ1) is 14.6. The van der Waals surface area contributed by atoms with Gasteiger partial charge in [0, 0.05) is 37.4 Å². The van der Waals surface area contributed by atoms with Gasteiger partial charge in [-0.25, -0.2) is 0 Å². The Balaban J connectivity index is 1.46. The molecule has 0 bridgehead atoms. The number of aryl methyl sites for hydroxylation is 1. The molecule has 0 spiro atoms. The Hall–Kier alpha value is -2.15. The van der Waals surface area contributed by atoms with Crippen LogP contribution in [0.2, 0.25) is 0 Å². The largest absolute Gasteiger partial charge is 0.493 e. The SMILES string of the molecule is COc1ccc(CNCCc2cccc(C)n2)cc1OC[C@@H](O)CN1CCCCC1. The minimum atomic E-state index is -0.503. The third kappa shape index (κ3) is 7.27. The predicted molar refractivity (Wildman–Crippen MR) is 119 cm³/mol. The third-order valence-electron chi connectivity index (χ3n) is 5.41. The molecule has 6 nitrogen and oxygen atoms in total. The van der Waals surface area contributed by atoms with Crippen LogP contribution in [0, 0.1) is 6.92 Å². The van der Waals surface area contributed by atoms with Gasteiger partial charge in [-0.15, -0.1) is 0 Å². The van der Waals surface area contributed by atoms with E-state index in [4.69, 9.17) is 9.47 Å². The highest BCUT2D eigenvalue weighted by Gasteiger charge is 2.16. The highest BCUT2D eigenvalue weighted by molar-refractivity contribution is 5.43. The van der Waals surface area contributed by atoms with Crippen molar-refractivity contribution >= 4 is 0 Å². The van der Waals surface area contributed by atoms with E-state index >= 15 is 0 Å². The summed E-state index contributed by atoms with van der Waals surface area (Å²) in [6.45, 7) is 6.67. The molecule has 30 heavy (non-hydrogen) atoms. The smallest absolute Gasteiger partial charge is 0.161 e. The Bertz CT molecular complexity index is 778. The summed E-state index contributed by atoms with van der Waals surface area (Å²) in [6, 6.07) is 12.1. The van der Waals surface area contributed by atoms with Crippen LogP contribution in [0.5, 0.6) is 11.5 Å². The molecule has 0 saturated carbocycles. The molecule has 2 N–H and O–H groups in total. The average Bonchev–Trinajstić information content (AvgIpc) is 2.76. The van der Waals surface area contributed by atoms with Crippen LogP contribution in [0.15, 0.2) is 36.4 Å². The number of benzene rings is 1. The molecule has 0 unspecified atom stereocenters. The van der Waals surface area contributed by atoms with Crippen molar-refractivity contribution in [2.24, 2.45) is 0 Å². The lowest BCUT2D eigenvalue weighted by Gasteiger charge is -2.28. The Morgan fingerprint density at radius 2 is 1.97 bits per heavy atom. The highest BCUT2D eigenvalue weighted by atomic mass is 16.5. The topological polar surface area (TPSA) is 66.8 Å². The summed E-state index contributed by atoms with van der Waals surface area (Å²) in [5, 5.41) is 13.8. The summed E-state index contributed by atoms with van der Waals surface area (Å²) in [4.78, 5) is 6.85. The Morgan fingerprint density at radius 1 is 1.13 bits per heavy atom. The maximum absolute atomic E-state index is 10.4. The summed E-state index contributed by atoms with van der Waals surface area (Å²) in [6.07, 6.45) is 4.12. The molecule has 1 fully saturated rings. The summed E-state index contributed by atoms with van der Waals surface area (Å²) in [5.74, 6) is 1.36. The molecule has 2 aromatic rings. The number of hydrogen-bond donors (Lipinski definition) is 2. The van der Waals surface area contributed by atoms with E-state index in [1.54, 1.807) is 7.11 Å². The van der Waals surface area contributed by atoms with Crippen molar-refractivity contribution < 1.29 is 14.6 Å². The molecule has 0 amide bonds. The maximum Gasteiger partial charge on any atom is 0.161 e. The van der Waals surface area contributed by atoms with E-state index in [1.807, 2.05) is 37.3 Å². The number of β-amino-alcohol motifs (C(OH)–C–C–N with tert-alkyl or cyclic N) is 1. The zero-order valence-electron chi connectivity index (χ0n) is 18.3. The first kappa shape index (κ1) is 22.5. The summed E-state index contributed by atoms with van der Waals surface area (Å²) >= 11 is 0. The van der Waals surface area contributed by atoms with E-state index in [2.05, 4.69) is 21.3 Å². The minimum Gasteiger partial charge on any atom is -0.493 e. The second kappa shape index (κ2) is 11.9. The minimum absolute atomic E-state index is 0.267. The van der Waals surface area contributed by atoms with Crippen LogP contribution in [-0.4, -0.2) is 61.0 Å². The predicted octanol–water partition coefficient (Wildman–Crippen LogP) is 2.96. The standard InChI is InChI=1S/C24H35N3O3/c1-19-7-6-8-21(26-19)11-12-25-16-20-9-10-23(29-2)24(15-20)30-18-22(28)17-27-13-4-3-5-14-27/h6-10,15,22,25,28H,3-5,11-14,16-18H2,1-2H3/t22-/m0/s1. The molecule has 3 rings (SSSR count). The first-order valence-electron chi connectivity index (χ1n) is 11.0. The van der Waals surface area contributed by atoms with Gasteiger partial charge in [0.1, 0.15) is 12.7 Å². The van der Waals surface area contributed by atoms with Crippen molar-refractivity contribution in [1.82, 2.24) is 15.2 Å². The summed E-state index contributed by atoms with van der Waals surface area (Å²) in [7, 11) is 1.64. The lowest BCUT2D eigenvalue weighted by molar-refractivity contribution is 0.0608. The van der Waals surface area contributed by atoms with Crippen molar-refractivity contribution in [2.45, 2.75) is 45.3 Å². The molecule has 164 valence electrons. The number of nitrogens with zero attached hydrogens (tertiary/aromatic N) is 2. The highest BCUT2D eigenvalue weighted by Crippen LogP contribution is 2.28. The van der Waals surface area contributed by atoms with Gasteiger partial charge < -0.3 is 24.8 Å². The number of aliphatic hydroxyl groups excluding tert-OH is 1. The number of likely N-dealkylation sites (tertiary alicyclic amines) is 1. The molecule has 1 aromatic heterocycles. The van der Waals surface area contributed by atoms with Crippen LogP contribution >= 0.6 is 0 Å². The van der Waals surface area contributed by atoms with E-state index < -0.39 is 6.10 Å². The van der Waals surface area contributed by atoms with Gasteiger partial charge in [-0.1, -0.05) is 18.6 Å². The van der Waals surface area contributed by atoms with Crippen LogP contribution in [0.25, 0.3) is 0 Å². The van der Waals surface area contributed by atoms with Crippen molar-refractivity contribution in [3.63, 3.8) is 0 Å². The van der Waals surface area contributed by atoms with Gasteiger partial charge in [-0.3, -0.25) is 4.98 Å². The molecule has 2 heterocycles. The third-order valence-corrected chi connectivity index (χ3v) is 5.41. The van der Waals surface area contributed by atoms with Gasteiger partial charge in [0.25, 0.3) is 0 Å². The molecule has 1 saturated heterocycles. The number of pyridine rings is 1. The van der Waals surface area contributed by atoms with Crippen LogP contribution in [0.3, 0.4) is 0 Å². The molecule has 1 aliphatic heterocycles. The van der Waals surface area contributed by atoms with Crippen molar-refractivity contribution in [3.8, 4) is 11.5 Å². The van der Waals surface area contributed by atoms with E-state index in [-0.39, 0.29) is 6.61 Å². The molecular weight excluding hydrogens is 378 g/mol. The van der Waals surface area contributed by atoms with Gasteiger partial charge in [-0.2, -0.15) is 0 Å². The number of piperidine rings is 1. The van der Waals surface area contributed by atoms with Gasteiger partial charge in [0.15, 0.2) is 11.5 Å². The van der Waals surface area contributed by atoms with Crippen LogP contribution < -0.4 is 14.8 Å². The van der Waals surface area contributed by atoms with E-state index in [1.165, 1.54) is 19.3 Å². The number of ether oxygens (including phenoxy) is 2. The zero-order chi connectivity index (χ0) is 21.2. The molecule has 0 aliphatic carbocycles. The van der Waals surface area contributed by atoms with E-state index in [0.717, 1.165) is 49.6 Å². The lowest BCUT2D eigenvalue weighted by atomic mass is 10.1. The second-order valence-corrected chi connectivity index (χ2v) is 8.01. The summed E-state index contributed by atoms with van der Waals surface area (Å²) < 4.78 is 11.4. The molecule has 1 aliphatic rings. The van der Waals surface area contributed by atoms with Crippen LogP contribution in [-0.2, 0) is 13.0 Å². The van der Waals surface area contributed by atoms with Gasteiger partial charge in [0.05, 0.1) is 7.11 Å². The Kier molecular flexibility index (Phi) is 8.93. The fourth-order valence-electron chi connectivity index (χ4n) is 3.81. The fraction of sp³-hybridized carbons (Fsp3) is 0.542. The molecule has 1 atom stereocenters. The average molecular weight is 414 g/mol. The first-order valence-corrected chi connectivity index (χ1v) is 11.0. The van der Waals surface area contributed by atoms with E-state index in [0.29, 0.717) is 18.0 Å². The van der Waals surface area contributed by atoms with Gasteiger partial charge >= 0.3 is 0 Å². The second-order valence-electron chi connectivity index (χ2n) is 8.01. The summed E-state index contributed by atoms with van der Waals surface area (Å²) in [5.41, 5.74) is 3.27. The quantitative estimate of drug-likeness (QED) is 0.552. The van der Waals surface area contributed by atoms with Gasteiger partial charge in [-0.05, 0) is 62.7 Å². The van der Waals surface area contributed by atoms with Crippen molar-refractivity contribution in [3.05, 3.63) is 53.3 Å². The normalized spacial score (nSPS) is 15.7. The number of aliphatic hydroxyl groups is 1. The maximum atomic E-state index is 10.4. The van der Waals surface area contributed by atoms with E-state index in [9.17, 15) is 5.11 Å². The fourth-order valence-corrected chi connectivity index (χ4v) is 3.81. The van der Waals surface area contributed by atoms with Crippen LogP contribution in [0.4, 0.5) is 0 Å². The number of aromatic nitrogens is 1. The number of hydrogen-bond acceptors (Lipinski definition) is 6. The molecular formula is C24H35N3O3. The van der Waals surface area contributed by atoms with Crippen molar-refractivity contribution in [1.29, 1.82) is 0 Å². The zero-order valence-corrected chi connectivity index (χ0v) is 18.3. The van der Waals surface area contributed by atoms with Crippen molar-refractivity contribution in [2.75, 3.05) is 39.9 Å². The van der Waals surface area contributed by atoms with Crippen LogP contribution in [0.1, 0.15) is 36.2 Å². The Morgan fingerprint density at radius 3 is 2.73 bits per heavy atom. The number of nitrogens with one attached hydrogen (secondary N) is 1. The molecule has 1 aromatic carbocycles. The Labute approximate surface area is 180 Å². The molecule has 0 radical (unpaired) electrons.